The molecule has 1 aliphatic rings. The maximum Gasteiger partial charge on any atom is 0.333 e. The van der Waals surface area contributed by atoms with E-state index < -0.39 is 23.0 Å². The minimum Gasteiger partial charge on any atom is -0.483 e. The summed E-state index contributed by atoms with van der Waals surface area (Å²) in [5.74, 6) is -1.95. The number of nitriles is 1. The molecule has 0 bridgehead atoms. The van der Waals surface area contributed by atoms with E-state index in [2.05, 4.69) is 4.99 Å². The molecule has 0 saturated heterocycles. The number of aromatic nitrogens is 2. The van der Waals surface area contributed by atoms with Crippen molar-refractivity contribution in [3.63, 3.8) is 0 Å². The second-order valence-corrected chi connectivity index (χ2v) is 6.00. The first-order valence-electron chi connectivity index (χ1n) is 8.42. The van der Waals surface area contributed by atoms with Crippen molar-refractivity contribution >= 4 is 6.40 Å². The quantitative estimate of drug-likeness (QED) is 0.588. The molecule has 0 fully saturated rings. The van der Waals surface area contributed by atoms with E-state index in [9.17, 15) is 19.2 Å². The number of hydrogen-bond acceptors (Lipinski definition) is 6. The molecular weight excluding hydrogens is 367 g/mol. The highest BCUT2D eigenvalue weighted by Crippen LogP contribution is 2.41. The van der Waals surface area contributed by atoms with Crippen LogP contribution in [0.3, 0.4) is 0 Å². The van der Waals surface area contributed by atoms with E-state index in [-0.39, 0.29) is 28.5 Å². The van der Waals surface area contributed by atoms with Crippen LogP contribution in [-0.4, -0.2) is 22.1 Å². The third kappa shape index (κ3) is 2.99. The fourth-order valence-electron chi connectivity index (χ4n) is 3.02. The Hall–Kier alpha value is -3.67. The number of ether oxygens (including phenoxy) is 2. The highest BCUT2D eigenvalue weighted by atomic mass is 19.1. The molecule has 1 atom stereocenters. The Labute approximate surface area is 159 Å². The summed E-state index contributed by atoms with van der Waals surface area (Å²) in [5.41, 5.74) is -1.27. The molecule has 2 heterocycles. The van der Waals surface area contributed by atoms with Gasteiger partial charge in [0.1, 0.15) is 17.5 Å². The molecule has 1 aromatic carbocycles. The molecule has 28 heavy (non-hydrogen) atoms. The molecule has 2 aromatic rings. The predicted octanol–water partition coefficient (Wildman–Crippen LogP) is 1.55. The normalized spacial score (nSPS) is 15.9. The van der Waals surface area contributed by atoms with Gasteiger partial charge in [-0.05, 0) is 13.0 Å². The monoisotopic (exact) mass is 384 g/mol. The van der Waals surface area contributed by atoms with Crippen molar-refractivity contribution in [1.82, 2.24) is 9.13 Å². The van der Waals surface area contributed by atoms with E-state index in [1.165, 1.54) is 32.3 Å². The van der Waals surface area contributed by atoms with Gasteiger partial charge >= 0.3 is 5.69 Å². The molecule has 1 unspecified atom stereocenters. The van der Waals surface area contributed by atoms with Crippen molar-refractivity contribution in [3.8, 4) is 11.9 Å². The molecule has 0 radical (unpaired) electrons. The van der Waals surface area contributed by atoms with Gasteiger partial charge in [-0.3, -0.25) is 13.9 Å². The first kappa shape index (κ1) is 19.1. The lowest BCUT2D eigenvalue weighted by Crippen LogP contribution is -2.42. The molecule has 8 nitrogen and oxygen atoms in total. The van der Waals surface area contributed by atoms with E-state index in [1.54, 1.807) is 13.0 Å². The average Bonchev–Trinajstić information content (AvgIpc) is 2.70. The van der Waals surface area contributed by atoms with Gasteiger partial charge in [-0.15, -0.1) is 0 Å². The van der Waals surface area contributed by atoms with Crippen molar-refractivity contribution in [2.75, 3.05) is 6.61 Å². The highest BCUT2D eigenvalue weighted by molar-refractivity contribution is 5.56. The molecule has 0 amide bonds. The number of halogens is 1. The average molecular weight is 384 g/mol. The van der Waals surface area contributed by atoms with E-state index in [1.807, 2.05) is 6.07 Å². The summed E-state index contributed by atoms with van der Waals surface area (Å²) < 4.78 is 27.3. The molecule has 0 N–H and O–H groups in total. The molecular formula is C19H17FN4O4. The number of rotatable bonds is 4. The fraction of sp³-hybridized carbons (Fsp3) is 0.263. The molecule has 3 rings (SSSR count). The first-order valence-corrected chi connectivity index (χ1v) is 8.42. The molecule has 0 saturated carbocycles. The van der Waals surface area contributed by atoms with Gasteiger partial charge in [-0.1, -0.05) is 18.2 Å². The zero-order valence-corrected chi connectivity index (χ0v) is 15.5. The van der Waals surface area contributed by atoms with Crippen LogP contribution in [0.2, 0.25) is 0 Å². The van der Waals surface area contributed by atoms with Gasteiger partial charge in [0.25, 0.3) is 5.56 Å². The lowest BCUT2D eigenvalue weighted by Gasteiger charge is -2.27. The highest BCUT2D eigenvalue weighted by Gasteiger charge is 2.37. The first-order chi connectivity index (χ1) is 13.4. The number of fused-ring (bicyclic) bond motifs is 1. The van der Waals surface area contributed by atoms with Gasteiger partial charge in [0, 0.05) is 19.7 Å². The Balaban J connectivity index is 2.40. The Morgan fingerprint density at radius 3 is 2.68 bits per heavy atom. The number of allylic oxidation sites excluding steroid dienone is 1. The molecule has 144 valence electrons. The number of benzene rings is 1. The van der Waals surface area contributed by atoms with E-state index in [0.717, 1.165) is 15.5 Å². The van der Waals surface area contributed by atoms with Crippen molar-refractivity contribution in [3.05, 3.63) is 73.5 Å². The van der Waals surface area contributed by atoms with Crippen LogP contribution in [0.15, 0.2) is 50.3 Å². The largest absolute Gasteiger partial charge is 0.483 e. The summed E-state index contributed by atoms with van der Waals surface area (Å²) >= 11 is 0. The Bertz CT molecular complexity index is 1150. The molecule has 9 heteroatoms. The maximum absolute atomic E-state index is 14.6. The summed E-state index contributed by atoms with van der Waals surface area (Å²) in [6, 6.07) is 7.76. The standard InChI is InChI=1S/C19H17FN4O4/c1-4-27-10-22-16-12(9-21)14(11-7-5-6-8-13(11)20)15-17(25)23(2)19(26)24(3)18(15)28-16/h5-8,10,14H,4H2,1-3H3/b22-10+. The summed E-state index contributed by atoms with van der Waals surface area (Å²) in [5, 5.41) is 9.75. The third-order valence-corrected chi connectivity index (χ3v) is 4.39. The van der Waals surface area contributed by atoms with Crippen LogP contribution in [0, 0.1) is 17.1 Å². The van der Waals surface area contributed by atoms with Gasteiger partial charge < -0.3 is 9.47 Å². The van der Waals surface area contributed by atoms with E-state index >= 15 is 0 Å². The minimum absolute atomic E-state index is 0.0124. The molecule has 0 aliphatic carbocycles. The van der Waals surface area contributed by atoms with Crippen LogP contribution < -0.4 is 16.0 Å². The lowest BCUT2D eigenvalue weighted by molar-refractivity contribution is 0.326. The van der Waals surface area contributed by atoms with Gasteiger partial charge in [0.05, 0.1) is 18.1 Å². The minimum atomic E-state index is -1.09. The Kier molecular flexibility index (Phi) is 5.13. The van der Waals surface area contributed by atoms with E-state index in [0.29, 0.717) is 6.61 Å². The molecule has 1 aliphatic heterocycles. The summed E-state index contributed by atoms with van der Waals surface area (Å²) in [6.07, 6.45) is 1.09. The van der Waals surface area contributed by atoms with Crippen molar-refractivity contribution in [2.24, 2.45) is 19.1 Å². The summed E-state index contributed by atoms with van der Waals surface area (Å²) in [4.78, 5) is 29.2. The number of hydrogen-bond donors (Lipinski definition) is 0. The Morgan fingerprint density at radius 1 is 1.32 bits per heavy atom. The van der Waals surface area contributed by atoms with Gasteiger partial charge in [-0.2, -0.15) is 10.3 Å². The lowest BCUT2D eigenvalue weighted by atomic mass is 9.84. The molecule has 1 aromatic heterocycles. The third-order valence-electron chi connectivity index (χ3n) is 4.39. The number of nitrogens with zero attached hydrogens (tertiary/aromatic N) is 4. The van der Waals surface area contributed by atoms with Crippen LogP contribution >= 0.6 is 0 Å². The zero-order chi connectivity index (χ0) is 20.4. The summed E-state index contributed by atoms with van der Waals surface area (Å²) in [6.45, 7) is 2.09. The van der Waals surface area contributed by atoms with Crippen LogP contribution in [-0.2, 0) is 18.8 Å². The SMILES string of the molecule is CCO/C=N/C1=C(C#N)C(c2ccccc2F)c2c(n(C)c(=O)n(C)c2=O)O1. The smallest absolute Gasteiger partial charge is 0.333 e. The second-order valence-electron chi connectivity index (χ2n) is 6.00. The van der Waals surface area contributed by atoms with Crippen molar-refractivity contribution in [1.29, 1.82) is 5.26 Å². The Morgan fingerprint density at radius 2 is 2.04 bits per heavy atom. The fourth-order valence-corrected chi connectivity index (χ4v) is 3.02. The second kappa shape index (κ2) is 7.52. The zero-order valence-electron chi connectivity index (χ0n) is 15.5. The maximum atomic E-state index is 14.6. The number of aliphatic imine (C=N–C) groups is 1. The van der Waals surface area contributed by atoms with E-state index in [4.69, 9.17) is 9.47 Å². The van der Waals surface area contributed by atoms with Gasteiger partial charge in [-0.25, -0.2) is 9.18 Å². The van der Waals surface area contributed by atoms with Gasteiger partial charge in [0.15, 0.2) is 6.40 Å². The predicted molar refractivity (Wildman–Crippen MR) is 98.6 cm³/mol. The van der Waals surface area contributed by atoms with Crippen LogP contribution in [0.4, 0.5) is 4.39 Å². The summed E-state index contributed by atoms with van der Waals surface area (Å²) in [7, 11) is 2.72. The van der Waals surface area contributed by atoms with Crippen molar-refractivity contribution < 1.29 is 13.9 Å². The van der Waals surface area contributed by atoms with Crippen LogP contribution in [0.5, 0.6) is 5.88 Å². The van der Waals surface area contributed by atoms with Crippen molar-refractivity contribution in [2.45, 2.75) is 12.8 Å². The molecule has 0 spiro atoms. The van der Waals surface area contributed by atoms with Gasteiger partial charge in [0.2, 0.25) is 11.8 Å². The van der Waals surface area contributed by atoms with Crippen LogP contribution in [0.1, 0.15) is 24.0 Å². The topological polar surface area (TPSA) is 98.6 Å². The van der Waals surface area contributed by atoms with Crippen LogP contribution in [0.25, 0.3) is 0 Å².